The molecule has 1 N–H and O–H groups in total. The van der Waals surface area contributed by atoms with Gasteiger partial charge in [-0.15, -0.1) is 0 Å². The predicted octanol–water partition coefficient (Wildman–Crippen LogP) is 1.60. The second-order valence-electron chi connectivity index (χ2n) is 8.34. The minimum atomic E-state index is -3.55. The van der Waals surface area contributed by atoms with Crippen LogP contribution in [0.3, 0.4) is 0 Å². The van der Waals surface area contributed by atoms with Gasteiger partial charge in [-0.25, -0.2) is 12.7 Å². The van der Waals surface area contributed by atoms with Gasteiger partial charge in [0.2, 0.25) is 0 Å². The van der Waals surface area contributed by atoms with Crippen molar-refractivity contribution in [3.63, 3.8) is 0 Å². The molecule has 0 saturated heterocycles. The summed E-state index contributed by atoms with van der Waals surface area (Å²) in [5.41, 5.74) is 0.841. The number of aromatic amines is 1. The Hall–Kier alpha value is -4.84. The van der Waals surface area contributed by atoms with Crippen molar-refractivity contribution in [2.75, 3.05) is 14.1 Å². The van der Waals surface area contributed by atoms with Crippen molar-refractivity contribution in [1.29, 1.82) is 0 Å². The van der Waals surface area contributed by atoms with E-state index < -0.39 is 15.9 Å². The average molecular weight is 535 g/mol. The van der Waals surface area contributed by atoms with Crippen LogP contribution in [0.1, 0.15) is 31.1 Å². The van der Waals surface area contributed by atoms with E-state index in [-0.39, 0.29) is 33.4 Å². The maximum absolute atomic E-state index is 11.5. The van der Waals surface area contributed by atoms with E-state index in [0.29, 0.717) is 21.9 Å². The van der Waals surface area contributed by atoms with E-state index in [1.165, 1.54) is 38.0 Å². The van der Waals surface area contributed by atoms with Gasteiger partial charge in [0.25, 0.3) is 38.9 Å². The molecule has 2 aliphatic heterocycles. The Labute approximate surface area is 216 Å². The van der Waals surface area contributed by atoms with Crippen LogP contribution in [0.25, 0.3) is 10.8 Å². The third kappa shape index (κ3) is 4.41. The number of fused-ring (bicyclic) bond motifs is 3. The molecule has 1 aromatic heterocycles. The molecule has 11 nitrogen and oxygen atoms in total. The van der Waals surface area contributed by atoms with Crippen molar-refractivity contribution in [2.24, 2.45) is 7.05 Å². The van der Waals surface area contributed by atoms with E-state index in [0.717, 1.165) is 9.21 Å². The van der Waals surface area contributed by atoms with Gasteiger partial charge in [-0.3, -0.25) is 38.7 Å². The fraction of sp³-hybridized carbons (Fsp3) is 0.115. The van der Waals surface area contributed by atoms with E-state index in [4.69, 9.17) is 0 Å². The first-order valence-electron chi connectivity index (χ1n) is 11.2. The Kier molecular flexibility index (Phi) is 6.83. The van der Waals surface area contributed by atoms with Gasteiger partial charge in [0.05, 0.1) is 27.5 Å². The van der Waals surface area contributed by atoms with Gasteiger partial charge < -0.3 is 0 Å². The molecule has 0 spiro atoms. The average Bonchev–Trinajstić information content (AvgIpc) is 3.25. The number of aromatic nitrogens is 2. The van der Waals surface area contributed by atoms with E-state index in [1.807, 2.05) is 0 Å². The summed E-state index contributed by atoms with van der Waals surface area (Å²) in [5, 5.41) is 3.32. The minimum Gasteiger partial charge on any atom is -0.277 e. The zero-order chi connectivity index (χ0) is 27.8. The molecular weight excluding hydrogens is 512 g/mol. The first kappa shape index (κ1) is 26.2. The lowest BCUT2D eigenvalue weighted by atomic mass is 10.1. The molecule has 0 fully saturated rings. The molecule has 4 aromatic rings. The molecule has 0 saturated carbocycles. The van der Waals surface area contributed by atoms with Gasteiger partial charge in [0, 0.05) is 21.1 Å². The van der Waals surface area contributed by atoms with Crippen LogP contribution in [0.4, 0.5) is 0 Å². The number of hydrogen-bond donors (Lipinski definition) is 1. The smallest absolute Gasteiger partial charge is 0.272 e. The minimum absolute atomic E-state index is 0.0995. The van der Waals surface area contributed by atoms with Crippen LogP contribution in [-0.4, -0.2) is 59.2 Å². The first-order valence-corrected chi connectivity index (χ1v) is 12.6. The number of imide groups is 1. The largest absolute Gasteiger partial charge is 0.277 e. The number of nitrogens with zero attached hydrogens (tertiary/aromatic N) is 3. The van der Waals surface area contributed by atoms with Crippen molar-refractivity contribution >= 4 is 38.5 Å². The number of carbonyl (C=O) groups excluding carboxylic acids is 3. The number of hydrogen-bond acceptors (Lipinski definition) is 7. The summed E-state index contributed by atoms with van der Waals surface area (Å²) in [4.78, 5) is 58.0. The number of amides is 3. The van der Waals surface area contributed by atoms with Gasteiger partial charge in [-0.05, 0) is 36.4 Å². The molecule has 38 heavy (non-hydrogen) atoms. The van der Waals surface area contributed by atoms with E-state index >= 15 is 0 Å². The summed E-state index contributed by atoms with van der Waals surface area (Å²) >= 11 is 0. The summed E-state index contributed by atoms with van der Waals surface area (Å²) in [5.74, 6) is -0.887. The van der Waals surface area contributed by atoms with Crippen LogP contribution in [0.2, 0.25) is 0 Å². The van der Waals surface area contributed by atoms with E-state index in [2.05, 4.69) is 5.10 Å². The van der Waals surface area contributed by atoms with Crippen LogP contribution < -0.4 is 11.1 Å². The summed E-state index contributed by atoms with van der Waals surface area (Å²) in [7, 11) is 0.727. The fourth-order valence-corrected chi connectivity index (χ4v) is 5.21. The number of carbonyl (C=O) groups is 3. The second-order valence-corrected chi connectivity index (χ2v) is 10.3. The second kappa shape index (κ2) is 9.90. The van der Waals surface area contributed by atoms with Gasteiger partial charge in [-0.1, -0.05) is 36.4 Å². The Morgan fingerprint density at radius 3 is 1.63 bits per heavy atom. The highest BCUT2D eigenvalue weighted by Gasteiger charge is 2.37. The Balaban J connectivity index is 0.000000133. The first-order chi connectivity index (χ1) is 18.0. The monoisotopic (exact) mass is 534 g/mol. The normalized spacial score (nSPS) is 14.9. The number of aryl methyl sites for hydroxylation is 1. The number of H-pyrrole nitrogens is 1. The molecular formula is C26H22N4O7S. The Bertz CT molecular complexity index is 1810. The number of benzene rings is 3. The van der Waals surface area contributed by atoms with Crippen molar-refractivity contribution in [1.82, 2.24) is 19.0 Å². The quantitative estimate of drug-likeness (QED) is 0.337. The molecule has 3 heterocycles. The predicted molar refractivity (Wildman–Crippen MR) is 138 cm³/mol. The summed E-state index contributed by atoms with van der Waals surface area (Å²) in [6, 6.07) is 19.8. The van der Waals surface area contributed by atoms with Crippen LogP contribution >= 0.6 is 0 Å². The maximum Gasteiger partial charge on any atom is 0.272 e. The van der Waals surface area contributed by atoms with E-state index in [1.54, 1.807) is 60.7 Å². The fourth-order valence-electron chi connectivity index (χ4n) is 3.92. The lowest BCUT2D eigenvalue weighted by molar-refractivity contribution is 0.0692. The number of nitrogens with one attached hydrogen (secondary N) is 1. The van der Waals surface area contributed by atoms with Crippen molar-refractivity contribution in [3.05, 3.63) is 110 Å². The summed E-state index contributed by atoms with van der Waals surface area (Å²) < 4.78 is 24.9. The SMILES string of the molecule is CN1C(=O)c2ccccc2C1=O.CN1C(=O)c2ccccc2S1(=O)=O.Cn1[nH]c(=O)c2ccccc2c1=O. The Morgan fingerprint density at radius 2 is 1.08 bits per heavy atom. The van der Waals surface area contributed by atoms with Gasteiger partial charge in [-0.2, -0.15) is 0 Å². The van der Waals surface area contributed by atoms with Crippen LogP contribution in [0, 0.1) is 0 Å². The highest BCUT2D eigenvalue weighted by atomic mass is 32.2. The van der Waals surface area contributed by atoms with Crippen molar-refractivity contribution in [2.45, 2.75) is 4.90 Å². The van der Waals surface area contributed by atoms with Crippen LogP contribution in [-0.2, 0) is 17.1 Å². The molecule has 0 bridgehead atoms. The highest BCUT2D eigenvalue weighted by molar-refractivity contribution is 7.90. The zero-order valence-electron chi connectivity index (χ0n) is 20.5. The maximum atomic E-state index is 11.5. The third-order valence-electron chi connectivity index (χ3n) is 6.02. The molecule has 12 heteroatoms. The van der Waals surface area contributed by atoms with Crippen LogP contribution in [0.5, 0.6) is 0 Å². The molecule has 194 valence electrons. The van der Waals surface area contributed by atoms with E-state index in [9.17, 15) is 32.4 Å². The van der Waals surface area contributed by atoms with Gasteiger partial charge in [0.1, 0.15) is 4.90 Å². The molecule has 0 unspecified atom stereocenters. The molecule has 0 aliphatic carbocycles. The summed E-state index contributed by atoms with van der Waals surface area (Å²) in [6.07, 6.45) is 0. The van der Waals surface area contributed by atoms with Gasteiger partial charge >= 0.3 is 0 Å². The molecule has 3 amide bonds. The molecule has 2 aliphatic rings. The lowest BCUT2D eigenvalue weighted by Crippen LogP contribution is -2.27. The molecule has 6 rings (SSSR count). The standard InChI is InChI=1S/C9H8N2O2.C9H7NO2.C8H7NO3S/c1-11-9(13)7-5-3-2-4-6(7)8(12)10-11;1-10-8(11)6-4-2-3-5-7(6)9(10)12;1-9-8(10)6-4-2-3-5-7(6)13(9,11)12/h2-5H,1H3,(H,10,12);2-5H,1H3;2-5H,1H3. The number of rotatable bonds is 0. The third-order valence-corrected chi connectivity index (χ3v) is 7.81. The molecule has 0 radical (unpaired) electrons. The zero-order valence-corrected chi connectivity index (χ0v) is 21.4. The van der Waals surface area contributed by atoms with Gasteiger partial charge in [0.15, 0.2) is 0 Å². The van der Waals surface area contributed by atoms with Crippen LogP contribution in [0.15, 0.2) is 87.3 Å². The molecule has 3 aromatic carbocycles. The van der Waals surface area contributed by atoms with Crippen molar-refractivity contribution in [3.8, 4) is 0 Å². The summed E-state index contributed by atoms with van der Waals surface area (Å²) in [6.45, 7) is 0. The number of sulfonamides is 1. The topological polar surface area (TPSA) is 147 Å². The Morgan fingerprint density at radius 1 is 0.605 bits per heavy atom. The lowest BCUT2D eigenvalue weighted by Gasteiger charge is -2.05. The van der Waals surface area contributed by atoms with Crippen molar-refractivity contribution < 1.29 is 22.8 Å². The highest BCUT2D eigenvalue weighted by Crippen LogP contribution is 2.28. The molecule has 0 atom stereocenters.